The Kier molecular flexibility index (Phi) is 6.55. The number of nitrogens with one attached hydrogen (secondary N) is 1. The largest absolute Gasteiger partial charge is 0.457 e. The van der Waals surface area contributed by atoms with Crippen molar-refractivity contribution in [3.63, 3.8) is 0 Å². The number of carbonyl (C=O) groups excluding carboxylic acids is 1. The van der Waals surface area contributed by atoms with Crippen molar-refractivity contribution >= 4 is 5.91 Å². The van der Waals surface area contributed by atoms with Crippen LogP contribution in [0.25, 0.3) is 11.3 Å². The minimum absolute atomic E-state index is 0.151. The lowest BCUT2D eigenvalue weighted by molar-refractivity contribution is -0.121. The highest BCUT2D eigenvalue weighted by Crippen LogP contribution is 2.24. The molecule has 0 unspecified atom stereocenters. The van der Waals surface area contributed by atoms with Crippen LogP contribution in [0.2, 0.25) is 0 Å². The average molecular weight is 434 g/mol. The molecule has 0 saturated carbocycles. The summed E-state index contributed by atoms with van der Waals surface area (Å²) in [6, 6.07) is 19.3. The van der Waals surface area contributed by atoms with Crippen LogP contribution in [0.1, 0.15) is 17.9 Å². The number of benzene rings is 3. The van der Waals surface area contributed by atoms with E-state index < -0.39 is 0 Å². The third-order valence-corrected chi connectivity index (χ3v) is 4.72. The SMILES string of the molecule is O=C(CCc1ncc(-c2ccccc2F)o1)NCc1ccc(Oc2ccc(F)cc2)cc1. The molecule has 1 N–H and O–H groups in total. The van der Waals surface area contributed by atoms with Crippen molar-refractivity contribution < 1.29 is 22.7 Å². The molecular formula is C25H20F2N2O3. The molecule has 162 valence electrons. The number of hydrogen-bond donors (Lipinski definition) is 1. The van der Waals surface area contributed by atoms with Crippen molar-refractivity contribution in [3.8, 4) is 22.8 Å². The summed E-state index contributed by atoms with van der Waals surface area (Å²) in [5.41, 5.74) is 1.24. The van der Waals surface area contributed by atoms with Crippen LogP contribution in [-0.2, 0) is 17.8 Å². The number of halogens is 2. The molecule has 0 bridgehead atoms. The standard InChI is InChI=1S/C25H20F2N2O3/c26-18-7-11-20(12-8-18)31-19-9-5-17(6-10-19)15-28-24(30)13-14-25-29-16-23(32-25)21-3-1-2-4-22(21)27/h1-12,16H,13-15H2,(H,28,30). The van der Waals surface area contributed by atoms with Crippen LogP contribution in [0.5, 0.6) is 11.5 Å². The maximum atomic E-state index is 13.8. The van der Waals surface area contributed by atoms with Crippen LogP contribution in [0, 0.1) is 11.6 Å². The summed E-state index contributed by atoms with van der Waals surface area (Å²) < 4.78 is 38.0. The third kappa shape index (κ3) is 5.57. The summed E-state index contributed by atoms with van der Waals surface area (Å²) in [5.74, 6) is 1.00. The zero-order valence-electron chi connectivity index (χ0n) is 17.1. The Morgan fingerprint density at radius 2 is 1.62 bits per heavy atom. The number of amides is 1. The second-order valence-electron chi connectivity index (χ2n) is 7.07. The van der Waals surface area contributed by atoms with Gasteiger partial charge in [0.15, 0.2) is 11.7 Å². The summed E-state index contributed by atoms with van der Waals surface area (Å²) in [5, 5.41) is 2.84. The van der Waals surface area contributed by atoms with Crippen molar-refractivity contribution in [2.75, 3.05) is 0 Å². The minimum Gasteiger partial charge on any atom is -0.457 e. The number of aromatic nitrogens is 1. The van der Waals surface area contributed by atoms with Crippen LogP contribution in [0.4, 0.5) is 8.78 Å². The predicted molar refractivity (Wildman–Crippen MR) is 115 cm³/mol. The van der Waals surface area contributed by atoms with Crippen molar-refractivity contribution in [2.24, 2.45) is 0 Å². The highest BCUT2D eigenvalue weighted by molar-refractivity contribution is 5.76. The Morgan fingerprint density at radius 1 is 0.938 bits per heavy atom. The Hall–Kier alpha value is -4.00. The van der Waals surface area contributed by atoms with Crippen LogP contribution >= 0.6 is 0 Å². The summed E-state index contributed by atoms with van der Waals surface area (Å²) in [7, 11) is 0. The number of aryl methyl sites for hydroxylation is 1. The quantitative estimate of drug-likeness (QED) is 0.389. The van der Waals surface area contributed by atoms with Crippen LogP contribution < -0.4 is 10.1 Å². The molecule has 3 aromatic carbocycles. The molecule has 1 heterocycles. The number of hydrogen-bond acceptors (Lipinski definition) is 4. The zero-order chi connectivity index (χ0) is 22.3. The lowest BCUT2D eigenvalue weighted by atomic mass is 10.2. The molecule has 4 rings (SSSR count). The average Bonchev–Trinajstić information content (AvgIpc) is 3.28. The molecular weight excluding hydrogens is 414 g/mol. The predicted octanol–water partition coefficient (Wildman–Crippen LogP) is 5.66. The van der Waals surface area contributed by atoms with Gasteiger partial charge in [0.1, 0.15) is 23.1 Å². The summed E-state index contributed by atoms with van der Waals surface area (Å²) in [6.45, 7) is 0.363. The molecule has 0 aliphatic carbocycles. The Balaban J connectivity index is 1.24. The maximum Gasteiger partial charge on any atom is 0.220 e. The molecule has 7 heteroatoms. The fourth-order valence-electron chi connectivity index (χ4n) is 3.03. The molecule has 0 radical (unpaired) electrons. The number of rotatable bonds is 8. The molecule has 0 saturated heterocycles. The topological polar surface area (TPSA) is 64.4 Å². The van der Waals surface area contributed by atoms with E-state index in [9.17, 15) is 13.6 Å². The minimum atomic E-state index is -0.387. The van der Waals surface area contributed by atoms with E-state index >= 15 is 0 Å². The molecule has 4 aromatic rings. The first-order chi connectivity index (χ1) is 15.6. The molecule has 0 aliphatic rings. The van der Waals surface area contributed by atoms with Crippen molar-refractivity contribution in [3.05, 3.63) is 102 Å². The zero-order valence-corrected chi connectivity index (χ0v) is 17.1. The van der Waals surface area contributed by atoms with Gasteiger partial charge in [-0.05, 0) is 54.1 Å². The molecule has 0 aliphatic heterocycles. The van der Waals surface area contributed by atoms with Crippen molar-refractivity contribution in [1.82, 2.24) is 10.3 Å². The van der Waals surface area contributed by atoms with Gasteiger partial charge in [0, 0.05) is 19.4 Å². The second kappa shape index (κ2) is 9.87. The Morgan fingerprint density at radius 3 is 2.34 bits per heavy atom. The monoisotopic (exact) mass is 434 g/mol. The molecule has 0 spiro atoms. The maximum absolute atomic E-state index is 13.8. The fraction of sp³-hybridized carbons (Fsp3) is 0.120. The van der Waals surface area contributed by atoms with E-state index in [1.165, 1.54) is 24.4 Å². The third-order valence-electron chi connectivity index (χ3n) is 4.72. The van der Waals surface area contributed by atoms with Crippen LogP contribution in [0.15, 0.2) is 83.4 Å². The van der Waals surface area contributed by atoms with Crippen molar-refractivity contribution in [2.45, 2.75) is 19.4 Å². The fourth-order valence-corrected chi connectivity index (χ4v) is 3.03. The van der Waals surface area contributed by atoms with Gasteiger partial charge in [-0.15, -0.1) is 0 Å². The van der Waals surface area contributed by atoms with E-state index in [0.717, 1.165) is 5.56 Å². The van der Waals surface area contributed by atoms with Crippen molar-refractivity contribution in [1.29, 1.82) is 0 Å². The van der Waals surface area contributed by atoms with Gasteiger partial charge in [-0.3, -0.25) is 4.79 Å². The van der Waals surface area contributed by atoms with E-state index in [1.54, 1.807) is 42.5 Å². The molecule has 0 atom stereocenters. The van der Waals surface area contributed by atoms with E-state index in [4.69, 9.17) is 9.15 Å². The molecule has 1 aromatic heterocycles. The first-order valence-electron chi connectivity index (χ1n) is 10.1. The van der Waals surface area contributed by atoms with Crippen LogP contribution in [-0.4, -0.2) is 10.9 Å². The van der Waals surface area contributed by atoms with E-state index in [0.29, 0.717) is 41.7 Å². The number of nitrogens with zero attached hydrogens (tertiary/aromatic N) is 1. The highest BCUT2D eigenvalue weighted by atomic mass is 19.1. The Labute approximate surface area is 183 Å². The lowest BCUT2D eigenvalue weighted by Crippen LogP contribution is -2.23. The highest BCUT2D eigenvalue weighted by Gasteiger charge is 2.12. The number of carbonyl (C=O) groups is 1. The van der Waals surface area contributed by atoms with E-state index in [1.807, 2.05) is 12.1 Å². The second-order valence-corrected chi connectivity index (χ2v) is 7.07. The molecule has 0 fully saturated rings. The van der Waals surface area contributed by atoms with Gasteiger partial charge in [0.25, 0.3) is 0 Å². The molecule has 32 heavy (non-hydrogen) atoms. The summed E-state index contributed by atoms with van der Waals surface area (Å²) in [6.07, 6.45) is 1.97. The number of oxazole rings is 1. The molecule has 5 nitrogen and oxygen atoms in total. The first-order valence-corrected chi connectivity index (χ1v) is 10.1. The van der Waals surface area contributed by atoms with Gasteiger partial charge < -0.3 is 14.5 Å². The molecule has 1 amide bonds. The first kappa shape index (κ1) is 21.2. The van der Waals surface area contributed by atoms with Gasteiger partial charge in [0.2, 0.25) is 5.91 Å². The normalized spacial score (nSPS) is 10.7. The number of ether oxygens (including phenoxy) is 1. The summed E-state index contributed by atoms with van der Waals surface area (Å²) >= 11 is 0. The van der Waals surface area contributed by atoms with Gasteiger partial charge >= 0.3 is 0 Å². The van der Waals surface area contributed by atoms with Crippen LogP contribution in [0.3, 0.4) is 0 Å². The Bertz CT molecular complexity index is 1190. The van der Waals surface area contributed by atoms with Gasteiger partial charge in [-0.1, -0.05) is 24.3 Å². The van der Waals surface area contributed by atoms with E-state index in [2.05, 4.69) is 10.3 Å². The van der Waals surface area contributed by atoms with Gasteiger partial charge in [-0.25, -0.2) is 13.8 Å². The van der Waals surface area contributed by atoms with Gasteiger partial charge in [0.05, 0.1) is 11.8 Å². The van der Waals surface area contributed by atoms with Gasteiger partial charge in [-0.2, -0.15) is 0 Å². The van der Waals surface area contributed by atoms with E-state index in [-0.39, 0.29) is 24.0 Å². The smallest absolute Gasteiger partial charge is 0.220 e. The lowest BCUT2D eigenvalue weighted by Gasteiger charge is -2.08. The summed E-state index contributed by atoms with van der Waals surface area (Å²) in [4.78, 5) is 16.3.